The van der Waals surface area contributed by atoms with E-state index in [-0.39, 0.29) is 5.91 Å². The predicted molar refractivity (Wildman–Crippen MR) is 78.6 cm³/mol. The molecule has 0 radical (unpaired) electrons. The molecule has 5 heteroatoms. The summed E-state index contributed by atoms with van der Waals surface area (Å²) in [6.07, 6.45) is 3.40. The second-order valence-corrected chi connectivity index (χ2v) is 5.00. The van der Waals surface area contributed by atoms with Gasteiger partial charge in [0.2, 0.25) is 5.91 Å². The molecule has 2 heterocycles. The Labute approximate surface area is 118 Å². The lowest BCUT2D eigenvalue weighted by Crippen LogP contribution is -2.23. The molecule has 1 aromatic heterocycles. The van der Waals surface area contributed by atoms with Crippen molar-refractivity contribution in [2.45, 2.75) is 19.4 Å². The summed E-state index contributed by atoms with van der Waals surface area (Å²) in [6.45, 7) is 1.54. The minimum Gasteiger partial charge on any atom is -0.379 e. The van der Waals surface area contributed by atoms with Crippen LogP contribution in [0.2, 0.25) is 0 Å². The van der Waals surface area contributed by atoms with Gasteiger partial charge in [-0.3, -0.25) is 9.48 Å². The fourth-order valence-corrected chi connectivity index (χ4v) is 2.47. The Morgan fingerprint density at radius 3 is 2.95 bits per heavy atom. The Balaban J connectivity index is 1.71. The number of amides is 1. The summed E-state index contributed by atoms with van der Waals surface area (Å²) >= 11 is 0. The quantitative estimate of drug-likeness (QED) is 0.926. The monoisotopic (exact) mass is 270 g/mol. The minimum absolute atomic E-state index is 0.216. The van der Waals surface area contributed by atoms with E-state index in [4.69, 9.17) is 0 Å². The van der Waals surface area contributed by atoms with E-state index in [2.05, 4.69) is 10.4 Å². The summed E-state index contributed by atoms with van der Waals surface area (Å²) in [5, 5.41) is 7.51. The Kier molecular flexibility index (Phi) is 3.41. The highest BCUT2D eigenvalue weighted by atomic mass is 16.2. The van der Waals surface area contributed by atoms with Gasteiger partial charge >= 0.3 is 0 Å². The highest BCUT2D eigenvalue weighted by molar-refractivity contribution is 5.95. The molecule has 0 bridgehead atoms. The van der Waals surface area contributed by atoms with E-state index in [9.17, 15) is 4.79 Å². The second-order valence-electron chi connectivity index (χ2n) is 5.00. The number of nitrogens with one attached hydrogen (secondary N) is 1. The van der Waals surface area contributed by atoms with Crippen molar-refractivity contribution in [1.29, 1.82) is 0 Å². The molecular weight excluding hydrogens is 252 g/mol. The van der Waals surface area contributed by atoms with Gasteiger partial charge in [0.1, 0.15) is 0 Å². The van der Waals surface area contributed by atoms with Crippen LogP contribution in [-0.4, -0.2) is 22.2 Å². The molecular formula is C15H18N4O. The number of nitrogens with zero attached hydrogens (tertiary/aromatic N) is 3. The van der Waals surface area contributed by atoms with Gasteiger partial charge < -0.3 is 10.2 Å². The van der Waals surface area contributed by atoms with Crippen LogP contribution in [0.4, 0.5) is 11.4 Å². The first-order valence-corrected chi connectivity index (χ1v) is 6.85. The van der Waals surface area contributed by atoms with E-state index in [1.807, 2.05) is 47.0 Å². The third kappa shape index (κ3) is 2.52. The van der Waals surface area contributed by atoms with Crippen LogP contribution in [0.5, 0.6) is 0 Å². The average molecular weight is 270 g/mol. The zero-order valence-corrected chi connectivity index (χ0v) is 11.5. The number of aromatic nitrogens is 2. The first-order valence-electron chi connectivity index (χ1n) is 6.85. The summed E-state index contributed by atoms with van der Waals surface area (Å²) in [6, 6.07) is 9.99. The average Bonchev–Trinajstić information content (AvgIpc) is 3.05. The van der Waals surface area contributed by atoms with Crippen LogP contribution < -0.4 is 10.2 Å². The summed E-state index contributed by atoms with van der Waals surface area (Å²) in [5.74, 6) is 0.216. The minimum atomic E-state index is 0.216. The molecule has 1 aromatic carbocycles. The SMILES string of the molecule is Cn1nccc1CNc1cccc(N2CCCC2=O)c1. The van der Waals surface area contributed by atoms with Gasteiger partial charge in [-0.2, -0.15) is 5.10 Å². The molecule has 0 saturated carbocycles. The molecule has 104 valence electrons. The van der Waals surface area contributed by atoms with Crippen LogP contribution in [0.15, 0.2) is 36.5 Å². The van der Waals surface area contributed by atoms with Gasteiger partial charge in [-0.05, 0) is 30.7 Å². The zero-order chi connectivity index (χ0) is 13.9. The number of carbonyl (C=O) groups excluding carboxylic acids is 1. The van der Waals surface area contributed by atoms with Crippen LogP contribution >= 0.6 is 0 Å². The molecule has 1 fully saturated rings. The summed E-state index contributed by atoms with van der Waals surface area (Å²) in [4.78, 5) is 13.6. The van der Waals surface area contributed by atoms with Crippen molar-refractivity contribution < 1.29 is 4.79 Å². The molecule has 0 atom stereocenters. The van der Waals surface area contributed by atoms with Gasteiger partial charge in [0, 0.05) is 37.6 Å². The lowest BCUT2D eigenvalue weighted by Gasteiger charge is -2.17. The molecule has 20 heavy (non-hydrogen) atoms. The topological polar surface area (TPSA) is 50.2 Å². The number of anilines is 2. The van der Waals surface area contributed by atoms with Gasteiger partial charge in [-0.1, -0.05) is 6.07 Å². The standard InChI is InChI=1S/C15H18N4O/c1-18-14(7-8-17-18)11-16-12-4-2-5-13(10-12)19-9-3-6-15(19)20/h2,4-5,7-8,10,16H,3,6,9,11H2,1H3. The highest BCUT2D eigenvalue weighted by Gasteiger charge is 2.21. The van der Waals surface area contributed by atoms with E-state index >= 15 is 0 Å². The molecule has 1 amide bonds. The van der Waals surface area contributed by atoms with E-state index in [0.29, 0.717) is 13.0 Å². The Morgan fingerprint density at radius 2 is 2.25 bits per heavy atom. The summed E-state index contributed by atoms with van der Waals surface area (Å²) in [5.41, 5.74) is 3.11. The smallest absolute Gasteiger partial charge is 0.227 e. The maximum absolute atomic E-state index is 11.8. The lowest BCUT2D eigenvalue weighted by atomic mass is 10.2. The molecule has 1 N–H and O–H groups in total. The van der Waals surface area contributed by atoms with Crippen molar-refractivity contribution >= 4 is 17.3 Å². The van der Waals surface area contributed by atoms with Crippen LogP contribution in [-0.2, 0) is 18.4 Å². The van der Waals surface area contributed by atoms with E-state index in [0.717, 1.165) is 30.0 Å². The Hall–Kier alpha value is -2.30. The maximum Gasteiger partial charge on any atom is 0.227 e. The Morgan fingerprint density at radius 1 is 1.35 bits per heavy atom. The van der Waals surface area contributed by atoms with E-state index in [1.54, 1.807) is 6.20 Å². The van der Waals surface area contributed by atoms with Gasteiger partial charge in [0.05, 0.1) is 12.2 Å². The lowest BCUT2D eigenvalue weighted by molar-refractivity contribution is -0.117. The number of carbonyl (C=O) groups is 1. The predicted octanol–water partition coefficient (Wildman–Crippen LogP) is 2.16. The van der Waals surface area contributed by atoms with Crippen LogP contribution in [0.1, 0.15) is 18.5 Å². The van der Waals surface area contributed by atoms with E-state index in [1.165, 1.54) is 0 Å². The molecule has 1 aliphatic heterocycles. The van der Waals surface area contributed by atoms with E-state index < -0.39 is 0 Å². The fraction of sp³-hybridized carbons (Fsp3) is 0.333. The molecule has 0 unspecified atom stereocenters. The van der Waals surface area contributed by atoms with Crippen molar-refractivity contribution in [3.63, 3.8) is 0 Å². The van der Waals surface area contributed by atoms with Crippen LogP contribution in [0.25, 0.3) is 0 Å². The number of benzene rings is 1. The largest absolute Gasteiger partial charge is 0.379 e. The number of hydrogen-bond donors (Lipinski definition) is 1. The van der Waals surface area contributed by atoms with Crippen molar-refractivity contribution in [3.8, 4) is 0 Å². The van der Waals surface area contributed by atoms with Crippen LogP contribution in [0, 0.1) is 0 Å². The molecule has 0 aliphatic carbocycles. The van der Waals surface area contributed by atoms with Crippen molar-refractivity contribution in [2.75, 3.05) is 16.8 Å². The molecule has 2 aromatic rings. The van der Waals surface area contributed by atoms with Gasteiger partial charge in [-0.25, -0.2) is 0 Å². The molecule has 1 saturated heterocycles. The number of rotatable bonds is 4. The zero-order valence-electron chi connectivity index (χ0n) is 11.5. The first-order chi connectivity index (χ1) is 9.74. The van der Waals surface area contributed by atoms with Crippen molar-refractivity contribution in [3.05, 3.63) is 42.2 Å². The van der Waals surface area contributed by atoms with Crippen LogP contribution in [0.3, 0.4) is 0 Å². The van der Waals surface area contributed by atoms with Gasteiger partial charge in [0.15, 0.2) is 0 Å². The number of hydrogen-bond acceptors (Lipinski definition) is 3. The normalized spacial score (nSPS) is 14.8. The second kappa shape index (κ2) is 5.36. The number of aryl methyl sites for hydroxylation is 1. The van der Waals surface area contributed by atoms with Gasteiger partial charge in [-0.15, -0.1) is 0 Å². The molecule has 0 spiro atoms. The van der Waals surface area contributed by atoms with Gasteiger partial charge in [0.25, 0.3) is 0 Å². The van der Waals surface area contributed by atoms with Crippen molar-refractivity contribution in [1.82, 2.24) is 9.78 Å². The first kappa shape index (κ1) is 12.7. The third-order valence-corrected chi connectivity index (χ3v) is 3.63. The summed E-state index contributed by atoms with van der Waals surface area (Å²) < 4.78 is 1.85. The third-order valence-electron chi connectivity index (χ3n) is 3.63. The fourth-order valence-electron chi connectivity index (χ4n) is 2.47. The molecule has 3 rings (SSSR count). The van der Waals surface area contributed by atoms with Crippen molar-refractivity contribution in [2.24, 2.45) is 7.05 Å². The molecule has 5 nitrogen and oxygen atoms in total. The molecule has 1 aliphatic rings. The summed E-state index contributed by atoms with van der Waals surface area (Å²) in [7, 11) is 1.93. The maximum atomic E-state index is 11.8. The highest BCUT2D eigenvalue weighted by Crippen LogP contribution is 2.24. The Bertz CT molecular complexity index is 620.